The zero-order valence-electron chi connectivity index (χ0n) is 14.1. The highest BCUT2D eigenvalue weighted by Crippen LogP contribution is 2.23. The summed E-state index contributed by atoms with van der Waals surface area (Å²) in [5, 5.41) is 20.2. The van der Waals surface area contributed by atoms with Crippen LogP contribution in [0.5, 0.6) is 0 Å². The van der Waals surface area contributed by atoms with Gasteiger partial charge in [0.2, 0.25) is 0 Å². The van der Waals surface area contributed by atoms with Crippen molar-refractivity contribution in [3.8, 4) is 0 Å². The molecule has 1 aromatic carbocycles. The predicted molar refractivity (Wildman–Crippen MR) is 93.1 cm³/mol. The van der Waals surface area contributed by atoms with E-state index in [0.717, 1.165) is 44.6 Å². The fourth-order valence-electron chi connectivity index (χ4n) is 4.07. The van der Waals surface area contributed by atoms with Gasteiger partial charge in [0.05, 0.1) is 11.5 Å². The Kier molecular flexibility index (Phi) is 5.81. The third kappa shape index (κ3) is 4.12. The topological polar surface area (TPSA) is 69.9 Å². The summed E-state index contributed by atoms with van der Waals surface area (Å²) < 4.78 is 0. The van der Waals surface area contributed by atoms with Crippen molar-refractivity contribution in [1.82, 2.24) is 9.80 Å². The average Bonchev–Trinajstić information content (AvgIpc) is 3.22. The second kappa shape index (κ2) is 8.05. The molecule has 6 nitrogen and oxygen atoms in total. The molecule has 0 bridgehead atoms. The Balaban J connectivity index is 1.51. The van der Waals surface area contributed by atoms with E-state index < -0.39 is 0 Å². The summed E-state index contributed by atoms with van der Waals surface area (Å²) in [5.41, 5.74) is 1.31. The van der Waals surface area contributed by atoms with Crippen LogP contribution in [0.1, 0.15) is 31.2 Å². The number of likely N-dealkylation sites (tertiary alicyclic amines) is 2. The van der Waals surface area contributed by atoms with Gasteiger partial charge in [0.15, 0.2) is 0 Å². The molecule has 1 aromatic rings. The standard InChI is InChI=1S/C18H27N3O3/c22-14-18-4-2-11-20(18)13-17-3-1-10-19(17)12-9-15-5-7-16(8-6-15)21(23)24/h5-8,17-18,22H,1-4,9-14H2. The van der Waals surface area contributed by atoms with E-state index in [4.69, 9.17) is 0 Å². The molecular weight excluding hydrogens is 306 g/mol. The summed E-state index contributed by atoms with van der Waals surface area (Å²) in [7, 11) is 0. The quantitative estimate of drug-likeness (QED) is 0.611. The largest absolute Gasteiger partial charge is 0.395 e. The fraction of sp³-hybridized carbons (Fsp3) is 0.667. The van der Waals surface area contributed by atoms with Gasteiger partial charge in [-0.05, 0) is 50.8 Å². The van der Waals surface area contributed by atoms with Gasteiger partial charge in [-0.3, -0.25) is 19.9 Å². The van der Waals surface area contributed by atoms with E-state index >= 15 is 0 Å². The predicted octanol–water partition coefficient (Wildman–Crippen LogP) is 2.06. The molecule has 0 spiro atoms. The molecule has 2 unspecified atom stereocenters. The molecule has 0 amide bonds. The number of rotatable bonds is 7. The highest BCUT2D eigenvalue weighted by atomic mass is 16.6. The first kappa shape index (κ1) is 17.3. The third-order valence-electron chi connectivity index (χ3n) is 5.49. The monoisotopic (exact) mass is 333 g/mol. The maximum Gasteiger partial charge on any atom is 0.269 e. The molecule has 2 saturated heterocycles. The molecule has 2 atom stereocenters. The second-order valence-corrected chi connectivity index (χ2v) is 6.98. The van der Waals surface area contributed by atoms with Crippen molar-refractivity contribution in [2.24, 2.45) is 0 Å². The van der Waals surface area contributed by atoms with Crippen LogP contribution in [0.25, 0.3) is 0 Å². The van der Waals surface area contributed by atoms with Crippen LogP contribution in [0.15, 0.2) is 24.3 Å². The van der Waals surface area contributed by atoms with Gasteiger partial charge < -0.3 is 5.11 Å². The minimum Gasteiger partial charge on any atom is -0.395 e. The summed E-state index contributed by atoms with van der Waals surface area (Å²) in [5.74, 6) is 0. The molecule has 24 heavy (non-hydrogen) atoms. The smallest absolute Gasteiger partial charge is 0.269 e. The Hall–Kier alpha value is -1.50. The molecule has 2 aliphatic rings. The molecule has 2 aliphatic heterocycles. The van der Waals surface area contributed by atoms with Crippen LogP contribution in [-0.2, 0) is 6.42 Å². The van der Waals surface area contributed by atoms with Gasteiger partial charge in [-0.25, -0.2) is 0 Å². The second-order valence-electron chi connectivity index (χ2n) is 6.98. The lowest BCUT2D eigenvalue weighted by atomic mass is 10.1. The van der Waals surface area contributed by atoms with Gasteiger partial charge in [-0.1, -0.05) is 12.1 Å². The van der Waals surface area contributed by atoms with Gasteiger partial charge in [0, 0.05) is 37.3 Å². The van der Waals surface area contributed by atoms with Crippen molar-refractivity contribution in [3.05, 3.63) is 39.9 Å². The van der Waals surface area contributed by atoms with Gasteiger partial charge in [-0.15, -0.1) is 0 Å². The third-order valence-corrected chi connectivity index (χ3v) is 5.49. The first-order chi connectivity index (χ1) is 11.7. The summed E-state index contributed by atoms with van der Waals surface area (Å²) in [6, 6.07) is 7.84. The van der Waals surface area contributed by atoms with Crippen molar-refractivity contribution in [1.29, 1.82) is 0 Å². The number of hydrogen-bond acceptors (Lipinski definition) is 5. The highest BCUT2D eigenvalue weighted by molar-refractivity contribution is 5.32. The number of nitro groups is 1. The van der Waals surface area contributed by atoms with E-state index in [9.17, 15) is 15.2 Å². The van der Waals surface area contributed by atoms with Crippen LogP contribution < -0.4 is 0 Å². The minimum atomic E-state index is -0.353. The van der Waals surface area contributed by atoms with Crippen LogP contribution in [0.3, 0.4) is 0 Å². The van der Waals surface area contributed by atoms with Crippen molar-refractivity contribution in [2.75, 3.05) is 32.8 Å². The number of benzene rings is 1. The van der Waals surface area contributed by atoms with Gasteiger partial charge in [0.1, 0.15) is 0 Å². The molecule has 0 radical (unpaired) electrons. The maximum absolute atomic E-state index is 10.7. The lowest BCUT2D eigenvalue weighted by molar-refractivity contribution is -0.384. The maximum atomic E-state index is 10.7. The van der Waals surface area contributed by atoms with Crippen LogP contribution >= 0.6 is 0 Å². The van der Waals surface area contributed by atoms with E-state index in [1.807, 2.05) is 12.1 Å². The number of aliphatic hydroxyl groups excluding tert-OH is 1. The van der Waals surface area contributed by atoms with Crippen LogP contribution in [0.2, 0.25) is 0 Å². The van der Waals surface area contributed by atoms with Crippen LogP contribution in [0, 0.1) is 10.1 Å². The van der Waals surface area contributed by atoms with Gasteiger partial charge >= 0.3 is 0 Å². The van der Waals surface area contributed by atoms with Crippen molar-refractivity contribution >= 4 is 5.69 Å². The lowest BCUT2D eigenvalue weighted by Crippen LogP contribution is -2.43. The molecule has 0 aromatic heterocycles. The molecule has 2 fully saturated rings. The fourth-order valence-corrected chi connectivity index (χ4v) is 4.07. The normalized spacial score (nSPS) is 25.4. The highest BCUT2D eigenvalue weighted by Gasteiger charge is 2.30. The number of non-ortho nitro benzene ring substituents is 1. The molecule has 2 heterocycles. The summed E-state index contributed by atoms with van der Waals surface area (Å²) in [4.78, 5) is 15.4. The first-order valence-electron chi connectivity index (χ1n) is 8.99. The van der Waals surface area contributed by atoms with E-state index in [2.05, 4.69) is 9.80 Å². The molecule has 0 aliphatic carbocycles. The van der Waals surface area contributed by atoms with Crippen LogP contribution in [0.4, 0.5) is 5.69 Å². The average molecular weight is 333 g/mol. The Morgan fingerprint density at radius 3 is 2.42 bits per heavy atom. The Morgan fingerprint density at radius 2 is 1.75 bits per heavy atom. The molecule has 6 heteroatoms. The molecule has 3 rings (SSSR count). The Labute approximate surface area is 143 Å². The van der Waals surface area contributed by atoms with Crippen molar-refractivity contribution in [3.63, 3.8) is 0 Å². The SMILES string of the molecule is O=[N+]([O-])c1ccc(CCN2CCCC2CN2CCCC2CO)cc1. The summed E-state index contributed by atoms with van der Waals surface area (Å²) in [6.45, 7) is 4.58. The van der Waals surface area contributed by atoms with Gasteiger partial charge in [0.25, 0.3) is 5.69 Å². The minimum absolute atomic E-state index is 0.155. The number of nitro benzene ring substituents is 1. The zero-order valence-corrected chi connectivity index (χ0v) is 14.1. The lowest BCUT2D eigenvalue weighted by Gasteiger charge is -2.31. The number of hydrogen-bond donors (Lipinski definition) is 1. The van der Waals surface area contributed by atoms with Gasteiger partial charge in [-0.2, -0.15) is 0 Å². The van der Waals surface area contributed by atoms with Crippen molar-refractivity contribution in [2.45, 2.75) is 44.2 Å². The summed E-state index contributed by atoms with van der Waals surface area (Å²) >= 11 is 0. The molecule has 132 valence electrons. The molecule has 1 N–H and O–H groups in total. The summed E-state index contributed by atoms with van der Waals surface area (Å²) in [6.07, 6.45) is 5.71. The van der Waals surface area contributed by atoms with Crippen LogP contribution in [-0.4, -0.2) is 64.7 Å². The van der Waals surface area contributed by atoms with E-state index in [0.29, 0.717) is 12.1 Å². The van der Waals surface area contributed by atoms with E-state index in [-0.39, 0.29) is 17.2 Å². The van der Waals surface area contributed by atoms with E-state index in [1.54, 1.807) is 12.1 Å². The number of nitrogens with zero attached hydrogens (tertiary/aromatic N) is 3. The van der Waals surface area contributed by atoms with Crippen molar-refractivity contribution < 1.29 is 10.0 Å². The Bertz CT molecular complexity index is 549. The first-order valence-corrected chi connectivity index (χ1v) is 8.99. The Morgan fingerprint density at radius 1 is 1.08 bits per heavy atom. The molecular formula is C18H27N3O3. The molecule has 0 saturated carbocycles. The van der Waals surface area contributed by atoms with E-state index in [1.165, 1.54) is 19.3 Å². The number of aliphatic hydroxyl groups is 1. The zero-order chi connectivity index (χ0) is 16.9.